The maximum Gasteiger partial charge on any atom is 0.267 e. The number of nitrogens with one attached hydrogen (secondary N) is 1. The maximum absolute atomic E-state index is 10.9. The lowest BCUT2D eigenvalue weighted by atomic mass is 10.3. The molecular formula is C13H10ClN5O2S. The molecule has 0 bridgehead atoms. The van der Waals surface area contributed by atoms with E-state index in [0.29, 0.717) is 17.3 Å². The van der Waals surface area contributed by atoms with E-state index in [9.17, 15) is 4.79 Å². The zero-order chi connectivity index (χ0) is 15.5. The normalized spacial score (nSPS) is 11.4. The van der Waals surface area contributed by atoms with E-state index in [1.807, 2.05) is 12.1 Å². The predicted octanol–water partition coefficient (Wildman–Crippen LogP) is 2.11. The third-order valence-corrected chi connectivity index (χ3v) is 4.09. The number of amides is 1. The van der Waals surface area contributed by atoms with Crippen LogP contribution in [0.25, 0.3) is 16.3 Å². The molecule has 0 spiro atoms. The number of thiazole rings is 1. The number of para-hydroxylation sites is 1. The first-order valence-electron chi connectivity index (χ1n) is 6.22. The van der Waals surface area contributed by atoms with Gasteiger partial charge in [0.2, 0.25) is 0 Å². The van der Waals surface area contributed by atoms with E-state index >= 15 is 0 Å². The summed E-state index contributed by atoms with van der Waals surface area (Å²) in [4.78, 5) is 15.4. The number of nitrogens with zero attached hydrogens (tertiary/aromatic N) is 4. The van der Waals surface area contributed by atoms with Crippen molar-refractivity contribution < 1.29 is 10.0 Å². The van der Waals surface area contributed by atoms with Crippen LogP contribution in [0, 0.1) is 0 Å². The second-order valence-corrected chi connectivity index (χ2v) is 5.87. The molecule has 9 heteroatoms. The van der Waals surface area contributed by atoms with E-state index in [4.69, 9.17) is 16.8 Å². The van der Waals surface area contributed by atoms with Gasteiger partial charge in [0.05, 0.1) is 22.5 Å². The molecule has 2 heterocycles. The molecule has 0 atom stereocenters. The first-order valence-corrected chi connectivity index (χ1v) is 7.41. The van der Waals surface area contributed by atoms with Crippen LogP contribution in [0.1, 0.15) is 10.7 Å². The van der Waals surface area contributed by atoms with E-state index in [2.05, 4.69) is 15.3 Å². The van der Waals surface area contributed by atoms with Gasteiger partial charge in [-0.15, -0.1) is 16.4 Å². The highest BCUT2D eigenvalue weighted by Gasteiger charge is 2.08. The molecule has 1 aromatic carbocycles. The van der Waals surface area contributed by atoms with E-state index in [1.54, 1.807) is 16.9 Å². The number of halogens is 1. The molecule has 1 amide bonds. The fourth-order valence-corrected chi connectivity index (χ4v) is 3.09. The summed E-state index contributed by atoms with van der Waals surface area (Å²) in [6.45, 7) is 0.461. The molecule has 0 fully saturated rings. The van der Waals surface area contributed by atoms with Crippen LogP contribution in [0.15, 0.2) is 30.5 Å². The Balaban J connectivity index is 1.78. The summed E-state index contributed by atoms with van der Waals surface area (Å²) in [6, 6.07) is 5.65. The molecular weight excluding hydrogens is 326 g/mol. The summed E-state index contributed by atoms with van der Waals surface area (Å²) < 4.78 is 2.63. The molecule has 0 saturated carbocycles. The van der Waals surface area contributed by atoms with Crippen molar-refractivity contribution in [1.29, 1.82) is 0 Å². The van der Waals surface area contributed by atoms with Crippen molar-refractivity contribution in [1.82, 2.24) is 25.5 Å². The molecule has 0 aliphatic heterocycles. The molecule has 2 N–H and O–H groups in total. The van der Waals surface area contributed by atoms with Crippen LogP contribution >= 0.6 is 22.9 Å². The second-order valence-electron chi connectivity index (χ2n) is 4.34. The Kier molecular flexibility index (Phi) is 4.14. The van der Waals surface area contributed by atoms with Gasteiger partial charge in [-0.25, -0.2) is 15.1 Å². The lowest BCUT2D eigenvalue weighted by Crippen LogP contribution is -2.14. The van der Waals surface area contributed by atoms with Crippen LogP contribution in [-0.2, 0) is 11.3 Å². The van der Waals surface area contributed by atoms with Crippen LogP contribution in [0.2, 0.25) is 5.02 Å². The number of carbonyl (C=O) groups is 1. The quantitative estimate of drug-likeness (QED) is 0.433. The van der Waals surface area contributed by atoms with Crippen molar-refractivity contribution >= 4 is 45.1 Å². The summed E-state index contributed by atoms with van der Waals surface area (Å²) in [6.07, 6.45) is 4.28. The van der Waals surface area contributed by atoms with Crippen molar-refractivity contribution in [3.8, 4) is 0 Å². The van der Waals surface area contributed by atoms with Gasteiger partial charge in [-0.1, -0.05) is 22.9 Å². The molecule has 112 valence electrons. The maximum atomic E-state index is 10.9. The van der Waals surface area contributed by atoms with Crippen LogP contribution in [0.3, 0.4) is 0 Å². The van der Waals surface area contributed by atoms with Gasteiger partial charge in [-0.2, -0.15) is 0 Å². The van der Waals surface area contributed by atoms with Crippen molar-refractivity contribution in [2.75, 3.05) is 0 Å². The van der Waals surface area contributed by atoms with Crippen molar-refractivity contribution in [3.63, 3.8) is 0 Å². The first kappa shape index (κ1) is 14.6. The van der Waals surface area contributed by atoms with E-state index in [0.717, 1.165) is 21.3 Å². The lowest BCUT2D eigenvalue weighted by molar-refractivity contribution is -0.124. The van der Waals surface area contributed by atoms with Gasteiger partial charge < -0.3 is 0 Å². The number of fused-ring (bicyclic) bond motifs is 1. The fraction of sp³-hybridized carbons (Fsp3) is 0.0769. The number of aromatic nitrogens is 4. The first-order chi connectivity index (χ1) is 10.7. The third kappa shape index (κ3) is 3.14. The van der Waals surface area contributed by atoms with E-state index in [1.165, 1.54) is 22.9 Å². The Morgan fingerprint density at radius 2 is 2.36 bits per heavy atom. The van der Waals surface area contributed by atoms with Crippen LogP contribution in [-0.4, -0.2) is 31.1 Å². The highest BCUT2D eigenvalue weighted by molar-refractivity contribution is 7.18. The van der Waals surface area contributed by atoms with Gasteiger partial charge in [0.1, 0.15) is 16.2 Å². The molecule has 2 aromatic heterocycles. The summed E-state index contributed by atoms with van der Waals surface area (Å²) in [7, 11) is 0. The average molecular weight is 336 g/mol. The molecule has 0 aliphatic rings. The summed E-state index contributed by atoms with van der Waals surface area (Å²) in [5.74, 6) is -0.629. The molecule has 22 heavy (non-hydrogen) atoms. The van der Waals surface area contributed by atoms with Gasteiger partial charge in [0.15, 0.2) is 0 Å². The molecule has 7 nitrogen and oxygen atoms in total. The van der Waals surface area contributed by atoms with Crippen molar-refractivity contribution in [2.24, 2.45) is 0 Å². The van der Waals surface area contributed by atoms with Crippen molar-refractivity contribution in [2.45, 2.75) is 6.54 Å². The van der Waals surface area contributed by atoms with Crippen LogP contribution in [0.4, 0.5) is 0 Å². The minimum absolute atomic E-state index is 0.461. The third-order valence-electron chi connectivity index (χ3n) is 2.78. The monoisotopic (exact) mass is 335 g/mol. The van der Waals surface area contributed by atoms with Crippen molar-refractivity contribution in [3.05, 3.63) is 46.2 Å². The van der Waals surface area contributed by atoms with Crippen LogP contribution < -0.4 is 5.48 Å². The fourth-order valence-electron chi connectivity index (χ4n) is 1.83. The van der Waals surface area contributed by atoms with Gasteiger partial charge >= 0.3 is 0 Å². The molecule has 0 aliphatic carbocycles. The lowest BCUT2D eigenvalue weighted by Gasteiger charge is -1.93. The number of benzene rings is 1. The molecule has 3 aromatic rings. The number of carbonyl (C=O) groups excluding carboxylic acids is 1. The highest BCUT2D eigenvalue weighted by Crippen LogP contribution is 2.28. The molecule has 0 unspecified atom stereocenters. The second kappa shape index (κ2) is 6.22. The van der Waals surface area contributed by atoms with E-state index in [-0.39, 0.29) is 0 Å². The summed E-state index contributed by atoms with van der Waals surface area (Å²) in [5, 5.41) is 17.7. The number of rotatable bonds is 4. The summed E-state index contributed by atoms with van der Waals surface area (Å²) in [5.41, 5.74) is 2.78. The van der Waals surface area contributed by atoms with Gasteiger partial charge in [0.25, 0.3) is 5.91 Å². The molecule has 0 saturated heterocycles. The van der Waals surface area contributed by atoms with Gasteiger partial charge in [0, 0.05) is 6.08 Å². The minimum Gasteiger partial charge on any atom is -0.288 e. The predicted molar refractivity (Wildman–Crippen MR) is 82.7 cm³/mol. The highest BCUT2D eigenvalue weighted by atomic mass is 35.5. The standard InChI is InChI=1S/C13H10ClN5O2S/c14-9-2-1-3-10-13(9)15-12(22-10)7-19-6-8(16-18-19)4-5-11(20)17-21/h1-6,21H,7H2,(H,17,20). The Morgan fingerprint density at radius 3 is 3.14 bits per heavy atom. The Labute approximate surface area is 133 Å². The zero-order valence-electron chi connectivity index (χ0n) is 11.1. The smallest absolute Gasteiger partial charge is 0.267 e. The largest absolute Gasteiger partial charge is 0.288 e. The zero-order valence-corrected chi connectivity index (χ0v) is 12.7. The Bertz CT molecular complexity index is 857. The molecule has 3 rings (SSSR count). The molecule has 0 radical (unpaired) electrons. The van der Waals surface area contributed by atoms with Crippen LogP contribution in [0.5, 0.6) is 0 Å². The average Bonchev–Trinajstić information content (AvgIpc) is 3.12. The van der Waals surface area contributed by atoms with Gasteiger partial charge in [-0.05, 0) is 18.2 Å². The SMILES string of the molecule is O=C(C=Cc1cn(Cc2nc3c(Cl)cccc3s2)nn1)NO. The summed E-state index contributed by atoms with van der Waals surface area (Å²) >= 11 is 7.64. The number of hydroxylamine groups is 1. The van der Waals surface area contributed by atoms with E-state index < -0.39 is 5.91 Å². The topological polar surface area (TPSA) is 92.9 Å². The van der Waals surface area contributed by atoms with Gasteiger partial charge in [-0.3, -0.25) is 10.0 Å². The Morgan fingerprint density at radius 1 is 1.50 bits per heavy atom. The number of hydrogen-bond donors (Lipinski definition) is 2. The number of hydrogen-bond acceptors (Lipinski definition) is 6. The minimum atomic E-state index is -0.629. The Hall–Kier alpha value is -2.29.